The van der Waals surface area contributed by atoms with Gasteiger partial charge >= 0.3 is 0 Å². The number of hydrogen-bond donors (Lipinski definition) is 1. The highest BCUT2D eigenvalue weighted by molar-refractivity contribution is 7.09. The molecule has 0 saturated carbocycles. The smallest absolute Gasteiger partial charge is 0.0865 e. The standard InChI is InChI=1S/C14H12N2S/c1-2-6-14-13(5-1)15-10-11(16-14)7-8-12-4-3-9-17-12/h1-7,9-10,16H,8H2/b11-7+. The lowest BCUT2D eigenvalue weighted by Crippen LogP contribution is -2.05. The van der Waals surface area contributed by atoms with Gasteiger partial charge in [-0.15, -0.1) is 11.3 Å². The van der Waals surface area contributed by atoms with Gasteiger partial charge in [0.05, 0.1) is 23.3 Å². The van der Waals surface area contributed by atoms with Crippen LogP contribution in [0, 0.1) is 0 Å². The number of hydrogen-bond acceptors (Lipinski definition) is 3. The van der Waals surface area contributed by atoms with E-state index in [0.29, 0.717) is 0 Å². The van der Waals surface area contributed by atoms with Crippen LogP contribution in [0.5, 0.6) is 0 Å². The van der Waals surface area contributed by atoms with Gasteiger partial charge in [0, 0.05) is 11.3 Å². The normalized spacial score (nSPS) is 15.6. The summed E-state index contributed by atoms with van der Waals surface area (Å²) in [6.45, 7) is 0. The molecule has 0 fully saturated rings. The van der Waals surface area contributed by atoms with Crippen LogP contribution in [0.1, 0.15) is 4.88 Å². The first-order chi connectivity index (χ1) is 8.42. The van der Waals surface area contributed by atoms with Gasteiger partial charge in [-0.2, -0.15) is 0 Å². The maximum absolute atomic E-state index is 4.42. The van der Waals surface area contributed by atoms with Crippen molar-refractivity contribution >= 4 is 28.9 Å². The Morgan fingerprint density at radius 3 is 3.00 bits per heavy atom. The van der Waals surface area contributed by atoms with Crippen LogP contribution in [0.25, 0.3) is 0 Å². The molecule has 3 heteroatoms. The zero-order chi connectivity index (χ0) is 11.5. The summed E-state index contributed by atoms with van der Waals surface area (Å²) in [6.07, 6.45) is 5.01. The van der Waals surface area contributed by atoms with Gasteiger partial charge in [0.2, 0.25) is 0 Å². The van der Waals surface area contributed by atoms with Crippen molar-refractivity contribution in [3.05, 3.63) is 58.4 Å². The van der Waals surface area contributed by atoms with E-state index < -0.39 is 0 Å². The van der Waals surface area contributed by atoms with Crippen molar-refractivity contribution in [2.75, 3.05) is 5.32 Å². The molecule has 1 aliphatic rings. The maximum atomic E-state index is 4.42. The van der Waals surface area contributed by atoms with Gasteiger partial charge in [0.15, 0.2) is 0 Å². The summed E-state index contributed by atoms with van der Waals surface area (Å²) in [4.78, 5) is 5.79. The molecule has 0 bridgehead atoms. The van der Waals surface area contributed by atoms with Crippen LogP contribution in [0.2, 0.25) is 0 Å². The molecule has 1 N–H and O–H groups in total. The van der Waals surface area contributed by atoms with E-state index in [-0.39, 0.29) is 0 Å². The fourth-order valence-electron chi connectivity index (χ4n) is 1.76. The van der Waals surface area contributed by atoms with Crippen LogP contribution in [-0.4, -0.2) is 6.21 Å². The van der Waals surface area contributed by atoms with Crippen molar-refractivity contribution in [1.29, 1.82) is 0 Å². The Kier molecular flexibility index (Phi) is 2.76. The van der Waals surface area contributed by atoms with Crippen LogP contribution in [-0.2, 0) is 6.42 Å². The first-order valence-corrected chi connectivity index (χ1v) is 6.42. The molecule has 0 atom stereocenters. The number of aliphatic imine (C=N–C) groups is 1. The van der Waals surface area contributed by atoms with E-state index in [1.54, 1.807) is 11.3 Å². The molecule has 1 aromatic carbocycles. The molecule has 3 rings (SSSR count). The van der Waals surface area contributed by atoms with Crippen LogP contribution < -0.4 is 5.32 Å². The second-order valence-electron chi connectivity index (χ2n) is 3.84. The Bertz CT molecular complexity index is 568. The molecule has 0 saturated heterocycles. The van der Waals surface area contributed by atoms with Crippen molar-refractivity contribution in [2.24, 2.45) is 4.99 Å². The third kappa shape index (κ3) is 2.29. The average Bonchev–Trinajstić information content (AvgIpc) is 2.89. The maximum Gasteiger partial charge on any atom is 0.0865 e. The number of para-hydroxylation sites is 2. The number of anilines is 1. The van der Waals surface area contributed by atoms with Gasteiger partial charge < -0.3 is 5.32 Å². The average molecular weight is 240 g/mol. The highest BCUT2D eigenvalue weighted by Gasteiger charge is 2.06. The summed E-state index contributed by atoms with van der Waals surface area (Å²) in [7, 11) is 0. The second kappa shape index (κ2) is 4.55. The summed E-state index contributed by atoms with van der Waals surface area (Å²) in [5.74, 6) is 0. The van der Waals surface area contributed by atoms with Crippen LogP contribution >= 0.6 is 11.3 Å². The highest BCUT2D eigenvalue weighted by atomic mass is 32.1. The van der Waals surface area contributed by atoms with Crippen LogP contribution in [0.3, 0.4) is 0 Å². The molecule has 0 unspecified atom stereocenters. The highest BCUT2D eigenvalue weighted by Crippen LogP contribution is 2.28. The summed E-state index contributed by atoms with van der Waals surface area (Å²) < 4.78 is 0. The number of nitrogens with one attached hydrogen (secondary N) is 1. The van der Waals surface area contributed by atoms with Gasteiger partial charge in [-0.3, -0.25) is 4.99 Å². The Morgan fingerprint density at radius 2 is 2.12 bits per heavy atom. The lowest BCUT2D eigenvalue weighted by molar-refractivity contribution is 1.30. The molecular formula is C14H12N2S. The lowest BCUT2D eigenvalue weighted by Gasteiger charge is -2.14. The van der Waals surface area contributed by atoms with E-state index in [1.807, 2.05) is 30.5 Å². The summed E-state index contributed by atoms with van der Waals surface area (Å²) in [5, 5.41) is 5.48. The summed E-state index contributed by atoms with van der Waals surface area (Å²) in [5.41, 5.74) is 3.14. The first-order valence-electron chi connectivity index (χ1n) is 5.54. The molecule has 2 heterocycles. The van der Waals surface area contributed by atoms with Gasteiger partial charge in [-0.05, 0) is 23.6 Å². The molecule has 0 spiro atoms. The second-order valence-corrected chi connectivity index (χ2v) is 4.88. The minimum atomic E-state index is 0.953. The third-order valence-electron chi connectivity index (χ3n) is 2.63. The number of allylic oxidation sites excluding steroid dienone is 2. The lowest BCUT2D eigenvalue weighted by atomic mass is 10.2. The largest absolute Gasteiger partial charge is 0.353 e. The van der Waals surface area contributed by atoms with E-state index in [4.69, 9.17) is 0 Å². The SMILES string of the molecule is C1=Nc2ccccc2N/C1=C/Cc1cccs1. The van der Waals surface area contributed by atoms with Crippen LogP contribution in [0.15, 0.2) is 58.5 Å². The zero-order valence-corrected chi connectivity index (χ0v) is 10.1. The molecule has 0 radical (unpaired) electrons. The topological polar surface area (TPSA) is 24.4 Å². The van der Waals surface area contributed by atoms with E-state index in [2.05, 4.69) is 33.9 Å². The van der Waals surface area contributed by atoms with Gasteiger partial charge in [-0.25, -0.2) is 0 Å². The van der Waals surface area contributed by atoms with Crippen LogP contribution in [0.4, 0.5) is 11.4 Å². The summed E-state index contributed by atoms with van der Waals surface area (Å²) in [6, 6.07) is 12.3. The number of nitrogens with zero attached hydrogens (tertiary/aromatic N) is 1. The molecule has 1 aliphatic heterocycles. The Morgan fingerprint density at radius 1 is 1.18 bits per heavy atom. The molecule has 0 aliphatic carbocycles. The predicted octanol–water partition coefficient (Wildman–Crippen LogP) is 4.00. The van der Waals surface area contributed by atoms with Crippen molar-refractivity contribution in [3.63, 3.8) is 0 Å². The molecule has 2 aromatic rings. The summed E-state index contributed by atoms with van der Waals surface area (Å²) >= 11 is 1.78. The molecule has 84 valence electrons. The minimum absolute atomic E-state index is 0.953. The molecule has 17 heavy (non-hydrogen) atoms. The molecule has 2 nitrogen and oxygen atoms in total. The number of thiophene rings is 1. The van der Waals surface area contributed by atoms with E-state index in [1.165, 1.54) is 4.88 Å². The van der Waals surface area contributed by atoms with Crippen molar-refractivity contribution in [3.8, 4) is 0 Å². The monoisotopic (exact) mass is 240 g/mol. The Hall–Kier alpha value is -1.87. The first kappa shape index (κ1) is 10.3. The van der Waals surface area contributed by atoms with Gasteiger partial charge in [0.25, 0.3) is 0 Å². The fraction of sp³-hybridized carbons (Fsp3) is 0.0714. The Balaban J connectivity index is 1.78. The van der Waals surface area contributed by atoms with E-state index in [0.717, 1.165) is 23.5 Å². The van der Waals surface area contributed by atoms with Crippen molar-refractivity contribution in [1.82, 2.24) is 0 Å². The zero-order valence-electron chi connectivity index (χ0n) is 9.26. The molecular weight excluding hydrogens is 228 g/mol. The number of rotatable bonds is 2. The molecule has 0 amide bonds. The quantitative estimate of drug-likeness (QED) is 0.843. The van der Waals surface area contributed by atoms with E-state index >= 15 is 0 Å². The third-order valence-corrected chi connectivity index (χ3v) is 3.53. The Labute approximate surface area is 104 Å². The molecule has 1 aromatic heterocycles. The van der Waals surface area contributed by atoms with Crippen molar-refractivity contribution < 1.29 is 0 Å². The van der Waals surface area contributed by atoms with Gasteiger partial charge in [0.1, 0.15) is 0 Å². The van der Waals surface area contributed by atoms with Crippen molar-refractivity contribution in [2.45, 2.75) is 6.42 Å². The fourth-order valence-corrected chi connectivity index (χ4v) is 2.43. The van der Waals surface area contributed by atoms with E-state index in [9.17, 15) is 0 Å². The minimum Gasteiger partial charge on any atom is -0.353 e. The van der Waals surface area contributed by atoms with Gasteiger partial charge in [-0.1, -0.05) is 24.3 Å². The predicted molar refractivity (Wildman–Crippen MR) is 74.3 cm³/mol. The number of benzene rings is 1. The number of fused-ring (bicyclic) bond motifs is 1.